The van der Waals surface area contributed by atoms with E-state index in [9.17, 15) is 4.79 Å². The molecule has 2 atom stereocenters. The van der Waals surface area contributed by atoms with E-state index in [1.54, 1.807) is 0 Å². The lowest BCUT2D eigenvalue weighted by Gasteiger charge is -2.43. The molecule has 0 saturated carbocycles. The molecule has 2 aromatic carbocycles. The van der Waals surface area contributed by atoms with Gasteiger partial charge in [-0.15, -0.1) is 11.8 Å². The lowest BCUT2D eigenvalue weighted by Crippen LogP contribution is -2.40. The van der Waals surface area contributed by atoms with Crippen molar-refractivity contribution in [3.8, 4) is 0 Å². The van der Waals surface area contributed by atoms with Gasteiger partial charge < -0.3 is 9.47 Å². The van der Waals surface area contributed by atoms with Crippen LogP contribution < -0.4 is 0 Å². The van der Waals surface area contributed by atoms with E-state index in [2.05, 4.69) is 38.1 Å². The Bertz CT molecular complexity index is 760. The minimum Gasteiger partial charge on any atom is -0.469 e. The minimum absolute atomic E-state index is 0.139. The molecule has 1 aliphatic heterocycles. The molecule has 3 nitrogen and oxygen atoms in total. The van der Waals surface area contributed by atoms with Gasteiger partial charge in [-0.1, -0.05) is 68.4 Å². The van der Waals surface area contributed by atoms with Crippen molar-refractivity contribution in [1.82, 2.24) is 0 Å². The molecular weight excluding hydrogens is 344 g/mol. The van der Waals surface area contributed by atoms with Crippen molar-refractivity contribution in [3.63, 3.8) is 0 Å². The molecule has 138 valence electrons. The molecule has 0 aromatic heterocycles. The lowest BCUT2D eigenvalue weighted by molar-refractivity contribution is -0.141. The van der Waals surface area contributed by atoms with Crippen molar-refractivity contribution in [2.24, 2.45) is 5.41 Å². The number of hydrogen-bond donors (Lipinski definition) is 0. The summed E-state index contributed by atoms with van der Waals surface area (Å²) < 4.78 is 11.4. The Morgan fingerprint density at radius 2 is 1.81 bits per heavy atom. The van der Waals surface area contributed by atoms with Gasteiger partial charge in [0.1, 0.15) is 0 Å². The molecule has 0 radical (unpaired) electrons. The van der Waals surface area contributed by atoms with Crippen molar-refractivity contribution < 1.29 is 14.3 Å². The van der Waals surface area contributed by atoms with Crippen LogP contribution in [0.4, 0.5) is 0 Å². The fourth-order valence-electron chi connectivity index (χ4n) is 3.16. The molecule has 0 N–H and O–H groups in total. The number of ether oxygens (including phenoxy) is 2. The molecule has 26 heavy (non-hydrogen) atoms. The maximum atomic E-state index is 12.0. The second kappa shape index (κ2) is 7.45. The van der Waals surface area contributed by atoms with Crippen molar-refractivity contribution in [2.75, 3.05) is 19.5 Å². The number of carbonyl (C=O) groups excluding carboxylic acids is 1. The third-order valence-electron chi connectivity index (χ3n) is 4.81. The van der Waals surface area contributed by atoms with E-state index in [0.717, 1.165) is 22.4 Å². The second-order valence-corrected chi connectivity index (χ2v) is 8.75. The standard InChI is InChI=1S/C22H26O3S/c1-16(20(23)24-4)17-9-8-12-19(13-17)22(18-10-6-5-7-11-18)25-14-21(2,3)15-26-22/h5-13,16H,14-15H2,1-4H3. The summed E-state index contributed by atoms with van der Waals surface area (Å²) in [6.45, 7) is 7.01. The quantitative estimate of drug-likeness (QED) is 0.713. The van der Waals surface area contributed by atoms with E-state index in [1.807, 2.05) is 49.0 Å². The first kappa shape index (κ1) is 19.0. The zero-order valence-electron chi connectivity index (χ0n) is 15.8. The van der Waals surface area contributed by atoms with Crippen molar-refractivity contribution in [1.29, 1.82) is 0 Å². The first-order valence-corrected chi connectivity index (χ1v) is 9.88. The Labute approximate surface area is 160 Å². The smallest absolute Gasteiger partial charge is 0.312 e. The highest BCUT2D eigenvalue weighted by Crippen LogP contribution is 2.50. The Morgan fingerprint density at radius 1 is 1.12 bits per heavy atom. The van der Waals surface area contributed by atoms with E-state index in [-0.39, 0.29) is 17.3 Å². The predicted molar refractivity (Wildman–Crippen MR) is 106 cm³/mol. The van der Waals surface area contributed by atoms with Gasteiger partial charge in [-0.3, -0.25) is 4.79 Å². The molecule has 0 amide bonds. The molecular formula is C22H26O3S. The molecule has 0 aliphatic carbocycles. The maximum Gasteiger partial charge on any atom is 0.312 e. The zero-order valence-corrected chi connectivity index (χ0v) is 16.6. The Kier molecular flexibility index (Phi) is 5.44. The number of hydrogen-bond acceptors (Lipinski definition) is 4. The van der Waals surface area contributed by atoms with Crippen LogP contribution in [0.5, 0.6) is 0 Å². The summed E-state index contributed by atoms with van der Waals surface area (Å²) >= 11 is 1.82. The number of esters is 1. The Morgan fingerprint density at radius 3 is 2.42 bits per heavy atom. The summed E-state index contributed by atoms with van der Waals surface area (Å²) in [4.78, 5) is 11.4. The first-order chi connectivity index (χ1) is 12.4. The Hall–Kier alpha value is -1.78. The number of benzene rings is 2. The summed E-state index contributed by atoms with van der Waals surface area (Å²) in [6.07, 6.45) is 0. The van der Waals surface area contributed by atoms with Crippen LogP contribution in [-0.4, -0.2) is 25.4 Å². The third-order valence-corrected chi connectivity index (χ3v) is 6.73. The van der Waals surface area contributed by atoms with Gasteiger partial charge in [0.2, 0.25) is 0 Å². The highest BCUT2D eigenvalue weighted by molar-refractivity contribution is 8.00. The number of carbonyl (C=O) groups is 1. The van der Waals surface area contributed by atoms with E-state index in [0.29, 0.717) is 6.61 Å². The molecule has 1 heterocycles. The number of rotatable bonds is 4. The fraction of sp³-hybridized carbons (Fsp3) is 0.409. The molecule has 0 bridgehead atoms. The molecule has 3 rings (SSSR count). The largest absolute Gasteiger partial charge is 0.469 e. The molecule has 1 fully saturated rings. The summed E-state index contributed by atoms with van der Waals surface area (Å²) in [5.41, 5.74) is 3.28. The number of methoxy groups -OCH3 is 1. The van der Waals surface area contributed by atoms with Crippen molar-refractivity contribution in [3.05, 3.63) is 71.3 Å². The van der Waals surface area contributed by atoms with E-state index >= 15 is 0 Å². The topological polar surface area (TPSA) is 35.5 Å². The first-order valence-electron chi connectivity index (χ1n) is 8.90. The molecule has 2 unspecified atom stereocenters. The second-order valence-electron chi connectivity index (χ2n) is 7.59. The minimum atomic E-state index is -0.553. The van der Waals surface area contributed by atoms with Crippen LogP contribution in [0.2, 0.25) is 0 Å². The predicted octanol–water partition coefficient (Wildman–Crippen LogP) is 4.95. The van der Waals surface area contributed by atoms with Crippen molar-refractivity contribution in [2.45, 2.75) is 31.6 Å². The van der Waals surface area contributed by atoms with E-state index < -0.39 is 4.93 Å². The van der Waals surface area contributed by atoms with Crippen molar-refractivity contribution >= 4 is 17.7 Å². The van der Waals surface area contributed by atoms with Crippen LogP contribution >= 0.6 is 11.8 Å². The van der Waals surface area contributed by atoms with Gasteiger partial charge in [0.05, 0.1) is 19.6 Å². The van der Waals surface area contributed by atoms with Gasteiger partial charge in [-0.2, -0.15) is 0 Å². The highest BCUT2D eigenvalue weighted by atomic mass is 32.2. The summed E-state index contributed by atoms with van der Waals surface area (Å²) in [5, 5.41) is 0. The molecule has 1 aliphatic rings. The van der Waals surface area contributed by atoms with Gasteiger partial charge in [-0.25, -0.2) is 0 Å². The van der Waals surface area contributed by atoms with Gasteiger partial charge >= 0.3 is 5.97 Å². The average molecular weight is 371 g/mol. The normalized spacial score (nSPS) is 23.2. The van der Waals surface area contributed by atoms with Gasteiger partial charge in [0, 0.05) is 5.75 Å². The number of thioether (sulfide) groups is 1. The van der Waals surface area contributed by atoms with Crippen LogP contribution in [0.1, 0.15) is 43.4 Å². The maximum absolute atomic E-state index is 12.0. The van der Waals surface area contributed by atoms with Crippen LogP contribution in [-0.2, 0) is 19.2 Å². The molecule has 0 spiro atoms. The molecule has 4 heteroatoms. The third kappa shape index (κ3) is 3.67. The summed E-state index contributed by atoms with van der Waals surface area (Å²) in [6, 6.07) is 18.5. The zero-order chi connectivity index (χ0) is 18.8. The summed E-state index contributed by atoms with van der Waals surface area (Å²) in [7, 11) is 1.43. The SMILES string of the molecule is COC(=O)C(C)c1cccc(C2(c3ccccc3)OCC(C)(C)CS2)c1. The molecule has 2 aromatic rings. The van der Waals surface area contributed by atoms with E-state index in [1.165, 1.54) is 7.11 Å². The van der Waals surface area contributed by atoms with Crippen LogP contribution in [0.3, 0.4) is 0 Å². The lowest BCUT2D eigenvalue weighted by atomic mass is 9.93. The fourth-order valence-corrected chi connectivity index (χ4v) is 4.58. The van der Waals surface area contributed by atoms with Crippen LogP contribution in [0.15, 0.2) is 54.6 Å². The van der Waals surface area contributed by atoms with Gasteiger partial charge in [0.25, 0.3) is 0 Å². The monoisotopic (exact) mass is 370 g/mol. The Balaban J connectivity index is 2.05. The van der Waals surface area contributed by atoms with Crippen LogP contribution in [0.25, 0.3) is 0 Å². The van der Waals surface area contributed by atoms with Crippen LogP contribution in [0, 0.1) is 5.41 Å². The summed E-state index contributed by atoms with van der Waals surface area (Å²) in [5.74, 6) is 0.464. The van der Waals surface area contributed by atoms with E-state index in [4.69, 9.17) is 9.47 Å². The highest BCUT2D eigenvalue weighted by Gasteiger charge is 2.43. The van der Waals surface area contributed by atoms with Gasteiger partial charge in [0.15, 0.2) is 4.93 Å². The molecule has 1 saturated heterocycles. The average Bonchev–Trinajstić information content (AvgIpc) is 2.68. The van der Waals surface area contributed by atoms with Gasteiger partial charge in [-0.05, 0) is 29.0 Å².